The lowest BCUT2D eigenvalue weighted by Crippen LogP contribution is -2.23. The van der Waals surface area contributed by atoms with Gasteiger partial charge in [-0.05, 0) is 6.42 Å². The van der Waals surface area contributed by atoms with Crippen LogP contribution in [0.3, 0.4) is 0 Å². The first-order valence-corrected chi connectivity index (χ1v) is 4.95. The summed E-state index contributed by atoms with van der Waals surface area (Å²) in [6.45, 7) is -0.444. The maximum Gasteiger partial charge on any atom is 0.163 e. The molecule has 60 valence electrons. The molecule has 0 spiro atoms. The Kier molecular flexibility index (Phi) is 5.47. The third kappa shape index (κ3) is 3.76. The van der Waals surface area contributed by atoms with Gasteiger partial charge in [-0.15, -0.1) is 0 Å². The molecular formula is C6H14O3Si. The van der Waals surface area contributed by atoms with Crippen LogP contribution in [0.1, 0.15) is 12.8 Å². The minimum Gasteiger partial charge on any atom is -0.393 e. The van der Waals surface area contributed by atoms with Crippen LogP contribution >= 0.6 is 0 Å². The van der Waals surface area contributed by atoms with Crippen molar-refractivity contribution in [3.05, 3.63) is 0 Å². The van der Waals surface area contributed by atoms with Crippen molar-refractivity contribution in [2.75, 3.05) is 6.61 Å². The Balaban J connectivity index is 3.42. The number of hydrogen-bond acceptors (Lipinski definition) is 3. The molecule has 0 aromatic carbocycles. The summed E-state index contributed by atoms with van der Waals surface area (Å²) < 4.78 is 0. The smallest absolute Gasteiger partial charge is 0.163 e. The summed E-state index contributed by atoms with van der Waals surface area (Å²) >= 11 is 0. The van der Waals surface area contributed by atoms with Crippen molar-refractivity contribution in [2.24, 2.45) is 0 Å². The van der Waals surface area contributed by atoms with Gasteiger partial charge in [-0.25, -0.2) is 0 Å². The molecule has 0 aliphatic carbocycles. The van der Waals surface area contributed by atoms with Crippen LogP contribution in [-0.4, -0.2) is 38.9 Å². The van der Waals surface area contributed by atoms with Gasteiger partial charge in [0.15, 0.2) is 5.78 Å². The van der Waals surface area contributed by atoms with E-state index in [1.165, 1.54) is 0 Å². The van der Waals surface area contributed by atoms with E-state index >= 15 is 0 Å². The Morgan fingerprint density at radius 2 is 2.20 bits per heavy atom. The second-order valence-corrected chi connectivity index (χ2v) is 3.27. The van der Waals surface area contributed by atoms with Crippen molar-refractivity contribution >= 4 is 16.0 Å². The highest BCUT2D eigenvalue weighted by Gasteiger charge is 2.11. The van der Waals surface area contributed by atoms with Crippen LogP contribution in [-0.2, 0) is 4.79 Å². The van der Waals surface area contributed by atoms with Crippen LogP contribution in [0.4, 0.5) is 0 Å². The number of rotatable bonds is 5. The lowest BCUT2D eigenvalue weighted by atomic mass is 10.1. The number of carbonyl (C=O) groups excluding carboxylic acids is 1. The van der Waals surface area contributed by atoms with Crippen molar-refractivity contribution in [3.8, 4) is 0 Å². The SMILES string of the molecule is O=C(CCC[SiH3])C(O)CO. The highest BCUT2D eigenvalue weighted by atomic mass is 28.1. The molecule has 3 nitrogen and oxygen atoms in total. The van der Waals surface area contributed by atoms with Crippen molar-refractivity contribution in [2.45, 2.75) is 25.0 Å². The van der Waals surface area contributed by atoms with Crippen LogP contribution in [0.5, 0.6) is 0 Å². The third-order valence-corrected chi connectivity index (χ3v) is 2.03. The van der Waals surface area contributed by atoms with E-state index in [9.17, 15) is 4.79 Å². The molecule has 1 unspecified atom stereocenters. The van der Waals surface area contributed by atoms with Crippen molar-refractivity contribution < 1.29 is 15.0 Å². The molecule has 0 saturated heterocycles. The van der Waals surface area contributed by atoms with Crippen molar-refractivity contribution in [3.63, 3.8) is 0 Å². The number of carbonyl (C=O) groups is 1. The highest BCUT2D eigenvalue weighted by Crippen LogP contribution is 1.97. The first-order chi connectivity index (χ1) is 4.72. The average molecular weight is 162 g/mol. The van der Waals surface area contributed by atoms with E-state index in [4.69, 9.17) is 10.2 Å². The van der Waals surface area contributed by atoms with E-state index in [0.717, 1.165) is 22.7 Å². The standard InChI is InChI=1S/C6H14O3Si/c7-4-6(9)5(8)2-1-3-10/h6-7,9H,1-4H2,10H3. The molecule has 0 aliphatic heterocycles. The van der Waals surface area contributed by atoms with Gasteiger partial charge in [-0.2, -0.15) is 0 Å². The molecule has 0 aromatic heterocycles. The van der Waals surface area contributed by atoms with Crippen LogP contribution in [0, 0.1) is 0 Å². The maximum absolute atomic E-state index is 10.7. The number of aliphatic hydroxyl groups excluding tert-OH is 2. The fraction of sp³-hybridized carbons (Fsp3) is 0.833. The molecule has 0 aliphatic rings. The van der Waals surface area contributed by atoms with Gasteiger partial charge in [0.1, 0.15) is 6.10 Å². The number of Topliss-reactive ketones (excluding diaryl/α,β-unsaturated/α-hetero) is 1. The highest BCUT2D eigenvalue weighted by molar-refractivity contribution is 6.08. The molecule has 10 heavy (non-hydrogen) atoms. The molecule has 0 radical (unpaired) electrons. The second-order valence-electron chi connectivity index (χ2n) is 2.27. The topological polar surface area (TPSA) is 57.5 Å². The van der Waals surface area contributed by atoms with Crippen LogP contribution in [0.2, 0.25) is 6.04 Å². The Bertz CT molecular complexity index is 105. The summed E-state index contributed by atoms with van der Waals surface area (Å²) in [5.74, 6) is -0.238. The van der Waals surface area contributed by atoms with Gasteiger partial charge < -0.3 is 10.2 Å². The molecule has 0 heterocycles. The molecule has 1 atom stereocenters. The van der Waals surface area contributed by atoms with Crippen LogP contribution in [0.25, 0.3) is 0 Å². The van der Waals surface area contributed by atoms with E-state index in [2.05, 4.69) is 0 Å². The largest absolute Gasteiger partial charge is 0.393 e. The Hall–Kier alpha value is -0.193. The number of ketones is 1. The zero-order valence-electron chi connectivity index (χ0n) is 6.21. The molecular weight excluding hydrogens is 148 g/mol. The summed E-state index contributed by atoms with van der Waals surface area (Å²) in [5.41, 5.74) is 0. The van der Waals surface area contributed by atoms with Gasteiger partial charge in [-0.3, -0.25) is 4.79 Å². The zero-order chi connectivity index (χ0) is 7.98. The first-order valence-electron chi connectivity index (χ1n) is 3.54. The first kappa shape index (κ1) is 9.81. The Morgan fingerprint density at radius 1 is 1.60 bits per heavy atom. The second kappa shape index (κ2) is 5.58. The Labute approximate surface area is 63.5 Å². The molecule has 2 N–H and O–H groups in total. The lowest BCUT2D eigenvalue weighted by molar-refractivity contribution is -0.128. The predicted octanol–water partition coefficient (Wildman–Crippen LogP) is -1.53. The van der Waals surface area contributed by atoms with E-state index in [0.29, 0.717) is 6.42 Å². The monoisotopic (exact) mass is 162 g/mol. The normalized spacial score (nSPS) is 13.4. The third-order valence-electron chi connectivity index (χ3n) is 1.32. The van der Waals surface area contributed by atoms with E-state index in [1.54, 1.807) is 0 Å². The molecule has 0 rings (SSSR count). The summed E-state index contributed by atoms with van der Waals surface area (Å²) in [6, 6.07) is 1.07. The van der Waals surface area contributed by atoms with Gasteiger partial charge in [-0.1, -0.05) is 6.04 Å². The zero-order valence-corrected chi connectivity index (χ0v) is 8.21. The minimum absolute atomic E-state index is 0.238. The molecule has 0 bridgehead atoms. The van der Waals surface area contributed by atoms with Gasteiger partial charge in [0, 0.05) is 16.7 Å². The fourth-order valence-corrected chi connectivity index (χ4v) is 0.973. The minimum atomic E-state index is -1.15. The fourth-order valence-electron chi connectivity index (χ4n) is 0.619. The molecule has 0 aromatic rings. The van der Waals surface area contributed by atoms with E-state index in [1.807, 2.05) is 0 Å². The molecule has 0 saturated carbocycles. The van der Waals surface area contributed by atoms with Gasteiger partial charge in [0.2, 0.25) is 0 Å². The van der Waals surface area contributed by atoms with Crippen molar-refractivity contribution in [1.82, 2.24) is 0 Å². The molecule has 0 fully saturated rings. The molecule has 0 amide bonds. The van der Waals surface area contributed by atoms with E-state index in [-0.39, 0.29) is 5.78 Å². The van der Waals surface area contributed by atoms with E-state index < -0.39 is 12.7 Å². The average Bonchev–Trinajstić information content (AvgIpc) is 1.98. The summed E-state index contributed by atoms with van der Waals surface area (Å²) in [5, 5.41) is 17.1. The molecule has 4 heteroatoms. The van der Waals surface area contributed by atoms with Crippen molar-refractivity contribution in [1.29, 1.82) is 0 Å². The van der Waals surface area contributed by atoms with Crippen LogP contribution in [0.15, 0.2) is 0 Å². The lowest BCUT2D eigenvalue weighted by Gasteiger charge is -2.03. The Morgan fingerprint density at radius 3 is 2.60 bits per heavy atom. The van der Waals surface area contributed by atoms with Gasteiger partial charge >= 0.3 is 0 Å². The van der Waals surface area contributed by atoms with Gasteiger partial charge in [0.05, 0.1) is 6.61 Å². The summed E-state index contributed by atoms with van der Waals surface area (Å²) in [7, 11) is 1.10. The summed E-state index contributed by atoms with van der Waals surface area (Å²) in [4.78, 5) is 10.7. The van der Waals surface area contributed by atoms with Gasteiger partial charge in [0.25, 0.3) is 0 Å². The quantitative estimate of drug-likeness (QED) is 0.482. The number of hydrogen-bond donors (Lipinski definition) is 2. The summed E-state index contributed by atoms with van der Waals surface area (Å²) in [6.07, 6.45) is 0.112. The maximum atomic E-state index is 10.7. The number of aliphatic hydroxyl groups is 2. The predicted molar refractivity (Wildman–Crippen MR) is 42.1 cm³/mol. The van der Waals surface area contributed by atoms with Crippen LogP contribution < -0.4 is 0 Å².